The quantitative estimate of drug-likeness (QED) is 0.671. The van der Waals surface area contributed by atoms with Gasteiger partial charge >= 0.3 is 0 Å². The Kier molecular flexibility index (Phi) is 3.47. The zero-order chi connectivity index (χ0) is 10.7. The first-order valence-corrected chi connectivity index (χ1v) is 5.00. The number of aryl methyl sites for hydroxylation is 2. The van der Waals surface area contributed by atoms with Crippen LogP contribution in [0.5, 0.6) is 0 Å². The van der Waals surface area contributed by atoms with E-state index in [4.69, 9.17) is 11.6 Å². The van der Waals surface area contributed by atoms with Gasteiger partial charge in [0.1, 0.15) is 5.52 Å². The highest BCUT2D eigenvalue weighted by Crippen LogP contribution is 2.20. The van der Waals surface area contributed by atoms with Crippen molar-refractivity contribution in [3.63, 3.8) is 0 Å². The van der Waals surface area contributed by atoms with Gasteiger partial charge in [-0.2, -0.15) is 0 Å². The lowest BCUT2D eigenvalue weighted by molar-refractivity contribution is 0.927. The van der Waals surface area contributed by atoms with Crippen LogP contribution < -0.4 is 0 Å². The van der Waals surface area contributed by atoms with Crippen molar-refractivity contribution in [2.45, 2.75) is 20.8 Å². The van der Waals surface area contributed by atoms with Gasteiger partial charge in [0.2, 0.25) is 0 Å². The van der Waals surface area contributed by atoms with Crippen LogP contribution in [0.1, 0.15) is 19.5 Å². The third-order valence-corrected chi connectivity index (χ3v) is 2.04. The summed E-state index contributed by atoms with van der Waals surface area (Å²) in [6.45, 7) is 5.92. The number of hydrogen-bond donors (Lipinski definition) is 0. The van der Waals surface area contributed by atoms with Crippen molar-refractivity contribution in [1.82, 2.24) is 14.5 Å². The van der Waals surface area contributed by atoms with Crippen LogP contribution in [0.15, 0.2) is 12.4 Å². The topological polar surface area (TPSA) is 30.7 Å². The number of nitrogens with zero attached hydrogens (tertiary/aromatic N) is 3. The first-order chi connectivity index (χ1) is 6.68. The SMILES string of the molecule is CC.Cc1cc(Cl)c2ncn(C)c2n1. The molecule has 3 nitrogen and oxygen atoms in total. The van der Waals surface area contributed by atoms with Crippen molar-refractivity contribution in [1.29, 1.82) is 0 Å². The van der Waals surface area contributed by atoms with Gasteiger partial charge in [-0.1, -0.05) is 25.4 Å². The number of aromatic nitrogens is 3. The Morgan fingerprint density at radius 3 is 2.64 bits per heavy atom. The Morgan fingerprint density at radius 2 is 2.00 bits per heavy atom. The van der Waals surface area contributed by atoms with E-state index in [-0.39, 0.29) is 0 Å². The average Bonchev–Trinajstić information content (AvgIpc) is 2.52. The van der Waals surface area contributed by atoms with Crippen molar-refractivity contribution < 1.29 is 0 Å². The van der Waals surface area contributed by atoms with Crippen LogP contribution in [0.3, 0.4) is 0 Å². The smallest absolute Gasteiger partial charge is 0.161 e. The lowest BCUT2D eigenvalue weighted by atomic mass is 10.3. The summed E-state index contributed by atoms with van der Waals surface area (Å²) >= 11 is 5.96. The monoisotopic (exact) mass is 211 g/mol. The van der Waals surface area contributed by atoms with Crippen molar-refractivity contribution in [2.75, 3.05) is 0 Å². The summed E-state index contributed by atoms with van der Waals surface area (Å²) in [6, 6.07) is 1.82. The zero-order valence-corrected chi connectivity index (χ0v) is 9.63. The average molecular weight is 212 g/mol. The van der Waals surface area contributed by atoms with Crippen molar-refractivity contribution in [3.05, 3.63) is 23.1 Å². The minimum Gasteiger partial charge on any atom is -0.318 e. The molecule has 0 aliphatic rings. The van der Waals surface area contributed by atoms with E-state index in [1.165, 1.54) is 0 Å². The molecular formula is C10H14ClN3. The molecule has 0 atom stereocenters. The highest BCUT2D eigenvalue weighted by atomic mass is 35.5. The molecule has 0 N–H and O–H groups in total. The van der Waals surface area contributed by atoms with Gasteiger partial charge < -0.3 is 4.57 Å². The number of rotatable bonds is 0. The molecule has 0 aliphatic carbocycles. The second-order valence-electron chi connectivity index (χ2n) is 2.77. The van der Waals surface area contributed by atoms with Gasteiger partial charge in [0.15, 0.2) is 5.65 Å². The van der Waals surface area contributed by atoms with Crippen molar-refractivity contribution in [3.8, 4) is 0 Å². The van der Waals surface area contributed by atoms with E-state index in [0.717, 1.165) is 16.9 Å². The molecule has 0 spiro atoms. The predicted molar refractivity (Wildman–Crippen MR) is 59.6 cm³/mol. The Bertz CT molecular complexity index is 434. The van der Waals surface area contributed by atoms with Gasteiger partial charge in [-0.05, 0) is 13.0 Å². The van der Waals surface area contributed by atoms with E-state index >= 15 is 0 Å². The molecule has 0 bridgehead atoms. The van der Waals surface area contributed by atoms with Crippen molar-refractivity contribution >= 4 is 22.8 Å². The number of imidazole rings is 1. The Morgan fingerprint density at radius 1 is 1.36 bits per heavy atom. The molecule has 76 valence electrons. The fourth-order valence-corrected chi connectivity index (χ4v) is 1.47. The maximum Gasteiger partial charge on any atom is 0.161 e. The number of pyridine rings is 1. The lowest BCUT2D eigenvalue weighted by Gasteiger charge is -1.96. The van der Waals surface area contributed by atoms with Gasteiger partial charge in [-0.3, -0.25) is 0 Å². The maximum atomic E-state index is 5.96. The third-order valence-electron chi connectivity index (χ3n) is 1.75. The van der Waals surface area contributed by atoms with Gasteiger partial charge in [-0.25, -0.2) is 9.97 Å². The Balaban J connectivity index is 0.000000461. The summed E-state index contributed by atoms with van der Waals surface area (Å²) in [5.74, 6) is 0. The standard InChI is InChI=1S/C8H8ClN3.C2H6/c1-5-3-6(9)7-8(11-5)12(2)4-10-7;1-2/h3-4H,1-2H3;1-2H3. The van der Waals surface area contributed by atoms with Crippen LogP contribution in [-0.4, -0.2) is 14.5 Å². The number of hydrogen-bond acceptors (Lipinski definition) is 2. The van der Waals surface area contributed by atoms with E-state index in [9.17, 15) is 0 Å². The molecule has 0 aromatic carbocycles. The molecular weight excluding hydrogens is 198 g/mol. The van der Waals surface area contributed by atoms with E-state index in [1.54, 1.807) is 6.33 Å². The molecule has 0 radical (unpaired) electrons. The second-order valence-corrected chi connectivity index (χ2v) is 3.18. The molecule has 4 heteroatoms. The lowest BCUT2D eigenvalue weighted by Crippen LogP contribution is -1.89. The number of halogens is 1. The molecule has 2 aromatic heterocycles. The number of fused-ring (bicyclic) bond motifs is 1. The van der Waals surface area contributed by atoms with Gasteiger partial charge in [0.25, 0.3) is 0 Å². The van der Waals surface area contributed by atoms with Crippen LogP contribution in [0.25, 0.3) is 11.2 Å². The Hall–Kier alpha value is -1.09. The molecule has 2 aromatic rings. The maximum absolute atomic E-state index is 5.96. The van der Waals surface area contributed by atoms with E-state index < -0.39 is 0 Å². The minimum atomic E-state index is 0.665. The van der Waals surface area contributed by atoms with E-state index in [2.05, 4.69) is 9.97 Å². The third kappa shape index (κ3) is 1.87. The Labute approximate surface area is 88.7 Å². The molecule has 0 saturated heterocycles. The normalized spacial score (nSPS) is 9.79. The molecule has 0 fully saturated rings. The molecule has 2 heterocycles. The van der Waals surface area contributed by atoms with Crippen LogP contribution >= 0.6 is 11.6 Å². The summed E-state index contributed by atoms with van der Waals surface area (Å²) in [6.07, 6.45) is 1.71. The van der Waals surface area contributed by atoms with Crippen LogP contribution in [0.4, 0.5) is 0 Å². The highest BCUT2D eigenvalue weighted by molar-refractivity contribution is 6.34. The van der Waals surface area contributed by atoms with E-state index in [1.807, 2.05) is 38.5 Å². The molecule has 0 aliphatic heterocycles. The first-order valence-electron chi connectivity index (χ1n) is 4.62. The summed E-state index contributed by atoms with van der Waals surface area (Å²) in [5, 5.41) is 0.665. The first kappa shape index (κ1) is 11.0. The summed E-state index contributed by atoms with van der Waals surface area (Å²) < 4.78 is 1.86. The summed E-state index contributed by atoms with van der Waals surface area (Å²) in [5.41, 5.74) is 2.51. The van der Waals surface area contributed by atoms with Crippen LogP contribution in [0, 0.1) is 6.92 Å². The fraction of sp³-hybridized carbons (Fsp3) is 0.400. The minimum absolute atomic E-state index is 0.665. The van der Waals surface area contributed by atoms with Crippen molar-refractivity contribution in [2.24, 2.45) is 7.05 Å². The predicted octanol–water partition coefficient (Wildman–Crippen LogP) is 2.96. The summed E-state index contributed by atoms with van der Waals surface area (Å²) in [4.78, 5) is 8.44. The summed E-state index contributed by atoms with van der Waals surface area (Å²) in [7, 11) is 1.90. The second kappa shape index (κ2) is 4.42. The van der Waals surface area contributed by atoms with Gasteiger partial charge in [0, 0.05) is 12.7 Å². The van der Waals surface area contributed by atoms with Crippen LogP contribution in [-0.2, 0) is 7.05 Å². The molecule has 0 amide bonds. The van der Waals surface area contributed by atoms with Gasteiger partial charge in [0.05, 0.1) is 11.3 Å². The largest absolute Gasteiger partial charge is 0.318 e. The molecule has 2 rings (SSSR count). The molecule has 0 saturated carbocycles. The molecule has 0 unspecified atom stereocenters. The van der Waals surface area contributed by atoms with E-state index in [0.29, 0.717) is 5.02 Å². The fourth-order valence-electron chi connectivity index (χ4n) is 1.18. The highest BCUT2D eigenvalue weighted by Gasteiger charge is 2.05. The zero-order valence-electron chi connectivity index (χ0n) is 8.87. The van der Waals surface area contributed by atoms with Gasteiger partial charge in [-0.15, -0.1) is 0 Å². The molecule has 14 heavy (non-hydrogen) atoms. The van der Waals surface area contributed by atoms with Crippen LogP contribution in [0.2, 0.25) is 5.02 Å².